The maximum Gasteiger partial charge on any atom is 0.405 e. The molecule has 2 unspecified atom stereocenters. The second-order valence-corrected chi connectivity index (χ2v) is 11.3. The Morgan fingerprint density at radius 3 is 2.46 bits per heavy atom. The Morgan fingerprint density at radius 2 is 1.89 bits per heavy atom. The largest absolute Gasteiger partial charge is 0.474 e. The fourth-order valence-electron chi connectivity index (χ4n) is 6.46. The van der Waals surface area contributed by atoms with E-state index in [4.69, 9.17) is 15.2 Å². The summed E-state index contributed by atoms with van der Waals surface area (Å²) in [4.78, 5) is 36.4. The highest BCUT2D eigenvalue weighted by Gasteiger charge is 2.57. The van der Waals surface area contributed by atoms with Gasteiger partial charge in [-0.2, -0.15) is 5.10 Å². The van der Waals surface area contributed by atoms with Gasteiger partial charge in [0.2, 0.25) is 11.8 Å². The number of hydrogen-bond donors (Lipinski definition) is 3. The van der Waals surface area contributed by atoms with Crippen molar-refractivity contribution in [1.82, 2.24) is 20.4 Å². The van der Waals surface area contributed by atoms with Crippen LogP contribution in [0.25, 0.3) is 6.20 Å². The molecule has 5 rings (SSSR count). The Labute approximate surface area is 206 Å². The van der Waals surface area contributed by atoms with Crippen LogP contribution in [-0.4, -0.2) is 51.0 Å². The minimum Gasteiger partial charge on any atom is -0.474 e. The topological polar surface area (TPSA) is 138 Å². The zero-order chi connectivity index (χ0) is 25.5. The minimum atomic E-state index is -0.717. The van der Waals surface area contributed by atoms with Gasteiger partial charge in [0.1, 0.15) is 11.2 Å². The minimum absolute atomic E-state index is 0.00754. The van der Waals surface area contributed by atoms with Gasteiger partial charge >= 0.3 is 6.09 Å². The second kappa shape index (κ2) is 9.20. The predicted octanol–water partition coefficient (Wildman–Crippen LogP) is 2.83. The molecule has 4 aliphatic carbocycles. The van der Waals surface area contributed by atoms with Gasteiger partial charge in [-0.25, -0.2) is 9.48 Å². The van der Waals surface area contributed by atoms with Crippen molar-refractivity contribution in [2.75, 3.05) is 0 Å². The van der Waals surface area contributed by atoms with E-state index in [0.29, 0.717) is 17.4 Å². The molecule has 1 aromatic rings. The number of amides is 3. The van der Waals surface area contributed by atoms with Crippen LogP contribution < -0.4 is 21.1 Å². The van der Waals surface area contributed by atoms with Gasteiger partial charge in [-0.3, -0.25) is 9.59 Å². The molecule has 0 spiro atoms. The van der Waals surface area contributed by atoms with E-state index in [9.17, 15) is 14.4 Å². The number of rotatable bonds is 8. The van der Waals surface area contributed by atoms with Gasteiger partial charge in [-0.05, 0) is 83.6 Å². The first-order valence-electron chi connectivity index (χ1n) is 12.4. The van der Waals surface area contributed by atoms with Crippen LogP contribution >= 0.6 is 0 Å². The van der Waals surface area contributed by atoms with E-state index in [-0.39, 0.29) is 35.8 Å². The zero-order valence-electron chi connectivity index (χ0n) is 21.2. The molecule has 1 heterocycles. The third kappa shape index (κ3) is 5.46. The monoisotopic (exact) mass is 487 g/mol. The number of aromatic nitrogens is 2. The number of carbonyl (C=O) groups excluding carboxylic acids is 3. The summed E-state index contributed by atoms with van der Waals surface area (Å²) in [6.07, 6.45) is 8.46. The number of primary amides is 1. The number of nitrogens with two attached hydrogens (primary N) is 1. The number of hydrogen-bond acceptors (Lipinski definition) is 6. The molecule has 0 radical (unpaired) electrons. The van der Waals surface area contributed by atoms with Crippen LogP contribution in [0.1, 0.15) is 77.1 Å². The summed E-state index contributed by atoms with van der Waals surface area (Å²) >= 11 is 0. The summed E-state index contributed by atoms with van der Waals surface area (Å²) in [6, 6.07) is 0.00754. The third-order valence-electron chi connectivity index (χ3n) is 7.30. The average Bonchev–Trinajstić information content (AvgIpc) is 3.08. The standard InChI is InChI=1S/C25H37N5O5/c1-14(2)34-22-19(13-27-30(22)7-6-24(4,5)29-15(3)31)21(32)28-20-17-8-16-9-18(20)12-25(10-16,11-17)35-23(26)33/h6-7,13-14,16-18,20H,8-12H2,1-5H3,(H2,26,33)(H,28,32)(H,29,31). The van der Waals surface area contributed by atoms with Gasteiger partial charge < -0.3 is 25.8 Å². The van der Waals surface area contributed by atoms with E-state index in [1.165, 1.54) is 17.8 Å². The number of nitrogens with zero attached hydrogens (tertiary/aromatic N) is 2. The van der Waals surface area contributed by atoms with Crippen molar-refractivity contribution in [1.29, 1.82) is 0 Å². The van der Waals surface area contributed by atoms with Gasteiger partial charge in [0.25, 0.3) is 5.91 Å². The second-order valence-electron chi connectivity index (χ2n) is 11.3. The molecule has 3 amide bonds. The highest BCUT2D eigenvalue weighted by molar-refractivity contribution is 5.96. The van der Waals surface area contributed by atoms with E-state index in [0.717, 1.165) is 32.1 Å². The molecule has 1 aromatic heterocycles. The summed E-state index contributed by atoms with van der Waals surface area (Å²) in [5, 5.41) is 10.5. The first-order chi connectivity index (χ1) is 16.4. The van der Waals surface area contributed by atoms with Crippen LogP contribution in [0.5, 0.6) is 5.88 Å². The van der Waals surface area contributed by atoms with Crippen molar-refractivity contribution < 1.29 is 23.9 Å². The van der Waals surface area contributed by atoms with Crippen LogP contribution in [0.15, 0.2) is 12.3 Å². The summed E-state index contributed by atoms with van der Waals surface area (Å²) in [7, 11) is 0. The summed E-state index contributed by atoms with van der Waals surface area (Å²) in [6.45, 7) is 8.98. The van der Waals surface area contributed by atoms with Crippen LogP contribution in [0.2, 0.25) is 0 Å². The van der Waals surface area contributed by atoms with E-state index < -0.39 is 17.2 Å². The van der Waals surface area contributed by atoms with Gasteiger partial charge in [-0.1, -0.05) is 0 Å². The Balaban J connectivity index is 1.52. The van der Waals surface area contributed by atoms with E-state index in [1.54, 1.807) is 12.3 Å². The van der Waals surface area contributed by atoms with Gasteiger partial charge in [-0.15, -0.1) is 0 Å². The highest BCUT2D eigenvalue weighted by atomic mass is 16.6. The maximum absolute atomic E-state index is 13.4. The highest BCUT2D eigenvalue weighted by Crippen LogP contribution is 2.57. The molecule has 2 atom stereocenters. The van der Waals surface area contributed by atoms with Gasteiger partial charge in [0.05, 0.1) is 17.8 Å². The lowest BCUT2D eigenvalue weighted by atomic mass is 9.52. The normalized spacial score (nSPS) is 29.4. The van der Waals surface area contributed by atoms with Crippen LogP contribution in [-0.2, 0) is 9.53 Å². The quantitative estimate of drug-likeness (QED) is 0.516. The Morgan fingerprint density at radius 1 is 1.23 bits per heavy atom. The summed E-state index contributed by atoms with van der Waals surface area (Å²) in [5.41, 5.74) is 4.64. The Bertz CT molecular complexity index is 1010. The molecular formula is C25H37N5O5. The molecule has 4 saturated carbocycles. The Hall–Kier alpha value is -3.04. The van der Waals surface area contributed by atoms with Crippen LogP contribution in [0, 0.1) is 17.8 Å². The molecule has 10 heteroatoms. The van der Waals surface area contributed by atoms with Crippen molar-refractivity contribution in [3.05, 3.63) is 17.8 Å². The van der Waals surface area contributed by atoms with E-state index >= 15 is 0 Å². The van der Waals surface area contributed by atoms with Crippen molar-refractivity contribution in [3.8, 4) is 5.88 Å². The van der Waals surface area contributed by atoms with Crippen molar-refractivity contribution in [2.24, 2.45) is 23.5 Å². The van der Waals surface area contributed by atoms with E-state index in [2.05, 4.69) is 15.7 Å². The Kier molecular flexibility index (Phi) is 6.59. The van der Waals surface area contributed by atoms with Crippen LogP contribution in [0.4, 0.5) is 4.79 Å². The fourth-order valence-corrected chi connectivity index (χ4v) is 6.46. The summed E-state index contributed by atoms with van der Waals surface area (Å²) in [5.74, 6) is 0.963. The molecule has 35 heavy (non-hydrogen) atoms. The molecule has 0 saturated heterocycles. The molecule has 0 aromatic carbocycles. The molecule has 192 valence electrons. The number of carbonyl (C=O) groups is 3. The predicted molar refractivity (Wildman–Crippen MR) is 129 cm³/mol. The number of nitrogens with one attached hydrogen (secondary N) is 2. The van der Waals surface area contributed by atoms with Crippen molar-refractivity contribution in [3.63, 3.8) is 0 Å². The van der Waals surface area contributed by atoms with Gasteiger partial charge in [0.15, 0.2) is 0 Å². The molecule has 4 bridgehead atoms. The lowest BCUT2D eigenvalue weighted by molar-refractivity contribution is -0.137. The molecule has 0 aliphatic heterocycles. The summed E-state index contributed by atoms with van der Waals surface area (Å²) < 4.78 is 13.1. The van der Waals surface area contributed by atoms with Gasteiger partial charge in [0, 0.05) is 19.2 Å². The number of ether oxygens (including phenoxy) is 2. The van der Waals surface area contributed by atoms with Crippen molar-refractivity contribution >= 4 is 24.1 Å². The lowest BCUT2D eigenvalue weighted by Gasteiger charge is -2.58. The van der Waals surface area contributed by atoms with E-state index in [1.807, 2.05) is 27.7 Å². The zero-order valence-corrected chi connectivity index (χ0v) is 21.2. The maximum atomic E-state index is 13.4. The lowest BCUT2D eigenvalue weighted by Crippen LogP contribution is -2.63. The average molecular weight is 488 g/mol. The smallest absolute Gasteiger partial charge is 0.405 e. The molecule has 10 nitrogen and oxygen atoms in total. The molecule has 4 N–H and O–H groups in total. The molecule has 4 aliphatic rings. The first kappa shape index (κ1) is 25.1. The third-order valence-corrected chi connectivity index (χ3v) is 7.30. The van der Waals surface area contributed by atoms with Crippen LogP contribution in [0.3, 0.4) is 0 Å². The first-order valence-corrected chi connectivity index (χ1v) is 12.4. The SMILES string of the molecule is CC(=O)NC(C)(C)C=Cn1ncc(C(=O)NC2C3CC4CC2CC(OC(N)=O)(C4)C3)c1OC(C)C. The van der Waals surface area contributed by atoms with Crippen molar-refractivity contribution in [2.45, 2.75) is 90.0 Å². The molecule has 4 fully saturated rings. The molecular weight excluding hydrogens is 450 g/mol. The fraction of sp³-hybridized carbons (Fsp3) is 0.680.